The number of benzene rings is 1. The lowest BCUT2D eigenvalue weighted by molar-refractivity contribution is -0.117. The fourth-order valence-corrected chi connectivity index (χ4v) is 4.16. The molecule has 3 heterocycles. The zero-order valence-electron chi connectivity index (χ0n) is 17.4. The molecule has 1 aromatic carbocycles. The summed E-state index contributed by atoms with van der Waals surface area (Å²) in [6.07, 6.45) is 1.51. The first-order chi connectivity index (χ1) is 13.9. The highest BCUT2D eigenvalue weighted by Crippen LogP contribution is 2.24. The Labute approximate surface area is 172 Å². The van der Waals surface area contributed by atoms with Crippen LogP contribution in [0.5, 0.6) is 0 Å². The van der Waals surface area contributed by atoms with Gasteiger partial charge in [-0.1, -0.05) is 6.07 Å². The van der Waals surface area contributed by atoms with E-state index in [1.165, 1.54) is 11.1 Å². The third kappa shape index (κ3) is 3.84. The van der Waals surface area contributed by atoms with E-state index in [0.717, 1.165) is 43.3 Å². The molecular formula is C23H28N4O2. The molecule has 0 saturated carbocycles. The normalized spacial score (nSPS) is 17.2. The summed E-state index contributed by atoms with van der Waals surface area (Å²) in [4.78, 5) is 35.6. The number of hydrogen-bond acceptors (Lipinski definition) is 4. The number of pyridine rings is 1. The second kappa shape index (κ2) is 7.85. The van der Waals surface area contributed by atoms with Gasteiger partial charge < -0.3 is 14.7 Å². The smallest absolute Gasteiger partial charge is 0.253 e. The lowest BCUT2D eigenvalue weighted by Gasteiger charge is -2.36. The van der Waals surface area contributed by atoms with Crippen molar-refractivity contribution in [3.8, 4) is 0 Å². The van der Waals surface area contributed by atoms with Crippen LogP contribution in [0.25, 0.3) is 0 Å². The standard InChI is InChI=1S/C23H28N4O2/c1-16-15-17(2)22(24-18(16)3)25-11-13-26(14-12-25)23(29)19-6-8-20(9-7-19)27-10-4-5-21(27)28/h6-9,15H,4-5,10-14H2,1-3H3. The average Bonchev–Trinajstić information content (AvgIpc) is 3.16. The molecule has 2 amide bonds. The molecule has 2 saturated heterocycles. The van der Waals surface area contributed by atoms with E-state index in [1.807, 2.05) is 36.1 Å². The minimum absolute atomic E-state index is 0.0497. The highest BCUT2D eigenvalue weighted by atomic mass is 16.2. The van der Waals surface area contributed by atoms with Crippen LogP contribution >= 0.6 is 0 Å². The van der Waals surface area contributed by atoms with Gasteiger partial charge in [0.25, 0.3) is 5.91 Å². The number of aryl methyl sites for hydroxylation is 3. The zero-order valence-corrected chi connectivity index (χ0v) is 17.4. The first kappa shape index (κ1) is 19.4. The molecule has 0 aliphatic carbocycles. The van der Waals surface area contributed by atoms with Gasteiger partial charge in [0.1, 0.15) is 5.82 Å². The van der Waals surface area contributed by atoms with E-state index in [9.17, 15) is 9.59 Å². The van der Waals surface area contributed by atoms with Gasteiger partial charge in [-0.05, 0) is 62.6 Å². The molecule has 0 bridgehead atoms. The van der Waals surface area contributed by atoms with Gasteiger partial charge in [0.15, 0.2) is 0 Å². The molecule has 0 atom stereocenters. The molecule has 0 unspecified atom stereocenters. The van der Waals surface area contributed by atoms with Crippen molar-refractivity contribution in [2.24, 2.45) is 0 Å². The summed E-state index contributed by atoms with van der Waals surface area (Å²) in [5.74, 6) is 1.24. The molecule has 2 aliphatic rings. The molecule has 2 fully saturated rings. The number of carbonyl (C=O) groups excluding carboxylic acids is 2. The minimum Gasteiger partial charge on any atom is -0.353 e. The summed E-state index contributed by atoms with van der Waals surface area (Å²) in [6.45, 7) is 9.90. The van der Waals surface area contributed by atoms with E-state index in [-0.39, 0.29) is 11.8 Å². The predicted octanol–water partition coefficient (Wildman–Crippen LogP) is 3.10. The first-order valence-electron chi connectivity index (χ1n) is 10.3. The molecule has 4 rings (SSSR count). The lowest BCUT2D eigenvalue weighted by atomic mass is 10.1. The van der Waals surface area contributed by atoms with E-state index in [1.54, 1.807) is 4.90 Å². The van der Waals surface area contributed by atoms with Gasteiger partial charge in [-0.25, -0.2) is 4.98 Å². The van der Waals surface area contributed by atoms with Crippen LogP contribution in [0.1, 0.15) is 40.0 Å². The Morgan fingerprint density at radius 3 is 2.24 bits per heavy atom. The summed E-state index contributed by atoms with van der Waals surface area (Å²) < 4.78 is 0. The maximum absolute atomic E-state index is 12.9. The average molecular weight is 393 g/mol. The summed E-state index contributed by atoms with van der Waals surface area (Å²) in [5, 5.41) is 0. The third-order valence-corrected chi connectivity index (χ3v) is 6.00. The highest BCUT2D eigenvalue weighted by molar-refractivity contribution is 5.97. The van der Waals surface area contributed by atoms with Crippen molar-refractivity contribution < 1.29 is 9.59 Å². The van der Waals surface area contributed by atoms with Gasteiger partial charge in [-0.2, -0.15) is 0 Å². The minimum atomic E-state index is 0.0497. The van der Waals surface area contributed by atoms with Crippen LogP contribution in [-0.4, -0.2) is 54.4 Å². The molecule has 1 aromatic heterocycles. The van der Waals surface area contributed by atoms with Crippen molar-refractivity contribution in [1.29, 1.82) is 0 Å². The number of anilines is 2. The molecule has 0 N–H and O–H groups in total. The van der Waals surface area contributed by atoms with Crippen molar-refractivity contribution in [3.63, 3.8) is 0 Å². The maximum Gasteiger partial charge on any atom is 0.253 e. The molecule has 0 radical (unpaired) electrons. The summed E-state index contributed by atoms with van der Waals surface area (Å²) in [7, 11) is 0. The number of amides is 2. The second-order valence-corrected chi connectivity index (χ2v) is 8.01. The van der Waals surface area contributed by atoms with Crippen LogP contribution < -0.4 is 9.80 Å². The highest BCUT2D eigenvalue weighted by Gasteiger charge is 2.25. The van der Waals surface area contributed by atoms with Gasteiger partial charge in [-0.3, -0.25) is 9.59 Å². The summed E-state index contributed by atoms with van der Waals surface area (Å²) >= 11 is 0. The Hall–Kier alpha value is -2.89. The Morgan fingerprint density at radius 1 is 0.931 bits per heavy atom. The van der Waals surface area contributed by atoms with Crippen molar-refractivity contribution in [2.45, 2.75) is 33.6 Å². The Kier molecular flexibility index (Phi) is 5.26. The van der Waals surface area contributed by atoms with E-state index in [2.05, 4.69) is 24.8 Å². The SMILES string of the molecule is Cc1cc(C)c(N2CCN(C(=O)c3ccc(N4CCCC4=O)cc3)CC2)nc1C. The van der Waals surface area contributed by atoms with Crippen molar-refractivity contribution >= 4 is 23.3 Å². The number of aromatic nitrogens is 1. The topological polar surface area (TPSA) is 56.8 Å². The second-order valence-electron chi connectivity index (χ2n) is 8.01. The molecule has 0 spiro atoms. The van der Waals surface area contributed by atoms with E-state index in [0.29, 0.717) is 25.1 Å². The largest absolute Gasteiger partial charge is 0.353 e. The molecule has 2 aliphatic heterocycles. The van der Waals surface area contributed by atoms with Gasteiger partial charge in [0.2, 0.25) is 5.91 Å². The van der Waals surface area contributed by atoms with E-state index in [4.69, 9.17) is 4.98 Å². The maximum atomic E-state index is 12.9. The van der Waals surface area contributed by atoms with Crippen LogP contribution in [0.3, 0.4) is 0 Å². The van der Waals surface area contributed by atoms with Crippen molar-refractivity contribution in [1.82, 2.24) is 9.88 Å². The molecule has 2 aromatic rings. The van der Waals surface area contributed by atoms with Gasteiger partial charge in [0.05, 0.1) is 0 Å². The van der Waals surface area contributed by atoms with Crippen LogP contribution in [0.4, 0.5) is 11.5 Å². The number of carbonyl (C=O) groups is 2. The van der Waals surface area contributed by atoms with Crippen LogP contribution in [0.2, 0.25) is 0 Å². The zero-order chi connectivity index (χ0) is 20.5. The molecule has 152 valence electrons. The van der Waals surface area contributed by atoms with Crippen molar-refractivity contribution in [2.75, 3.05) is 42.5 Å². The van der Waals surface area contributed by atoms with Crippen LogP contribution in [-0.2, 0) is 4.79 Å². The van der Waals surface area contributed by atoms with Crippen LogP contribution in [0.15, 0.2) is 30.3 Å². The predicted molar refractivity (Wildman–Crippen MR) is 115 cm³/mol. The number of rotatable bonds is 3. The number of hydrogen-bond donors (Lipinski definition) is 0. The first-order valence-corrected chi connectivity index (χ1v) is 10.3. The fraction of sp³-hybridized carbons (Fsp3) is 0.435. The monoisotopic (exact) mass is 392 g/mol. The Bertz CT molecular complexity index is 931. The van der Waals surface area contributed by atoms with Crippen molar-refractivity contribution in [3.05, 3.63) is 52.7 Å². The Balaban J connectivity index is 1.40. The van der Waals surface area contributed by atoms with Crippen LogP contribution in [0, 0.1) is 20.8 Å². The van der Waals surface area contributed by atoms with E-state index < -0.39 is 0 Å². The number of piperazine rings is 1. The molecule has 6 nitrogen and oxygen atoms in total. The fourth-order valence-electron chi connectivity index (χ4n) is 4.16. The summed E-state index contributed by atoms with van der Waals surface area (Å²) in [5.41, 5.74) is 5.00. The van der Waals surface area contributed by atoms with Gasteiger partial charge in [-0.15, -0.1) is 0 Å². The molecule has 6 heteroatoms. The molecular weight excluding hydrogens is 364 g/mol. The van der Waals surface area contributed by atoms with E-state index >= 15 is 0 Å². The third-order valence-electron chi connectivity index (χ3n) is 6.00. The molecule has 29 heavy (non-hydrogen) atoms. The Morgan fingerprint density at radius 2 is 1.62 bits per heavy atom. The quantitative estimate of drug-likeness (QED) is 0.805. The lowest BCUT2D eigenvalue weighted by Crippen LogP contribution is -2.49. The summed E-state index contributed by atoms with van der Waals surface area (Å²) in [6, 6.07) is 9.63. The van der Waals surface area contributed by atoms with Gasteiger partial charge >= 0.3 is 0 Å². The van der Waals surface area contributed by atoms with Gasteiger partial charge in [0, 0.05) is 56.1 Å². The number of nitrogens with zero attached hydrogens (tertiary/aromatic N) is 4.